The number of sulfonamides is 1. The van der Waals surface area contributed by atoms with Crippen LogP contribution in [0.1, 0.15) is 5.69 Å². The molecule has 0 radical (unpaired) electrons. The van der Waals surface area contributed by atoms with E-state index in [0.717, 1.165) is 23.5 Å². The Labute approximate surface area is 112 Å². The fourth-order valence-corrected chi connectivity index (χ4v) is 3.79. The van der Waals surface area contributed by atoms with Crippen molar-refractivity contribution in [3.63, 3.8) is 0 Å². The standard InChI is InChI=1S/C10H9F2N3O2S2/c1-5-9(18-10(13)14-5)19(16,17)15-7-4-2-3-6(11)8(7)12/h2-4,15H,1H3,(H2,13,14). The monoisotopic (exact) mass is 305 g/mol. The van der Waals surface area contributed by atoms with E-state index in [4.69, 9.17) is 5.73 Å². The zero-order chi connectivity index (χ0) is 14.2. The van der Waals surface area contributed by atoms with Crippen molar-refractivity contribution < 1.29 is 17.2 Å². The number of benzene rings is 1. The molecule has 3 N–H and O–H groups in total. The largest absolute Gasteiger partial charge is 0.375 e. The molecule has 0 amide bonds. The van der Waals surface area contributed by atoms with Gasteiger partial charge in [-0.15, -0.1) is 0 Å². The summed E-state index contributed by atoms with van der Waals surface area (Å²) >= 11 is 0.751. The second-order valence-corrected chi connectivity index (χ2v) is 6.54. The van der Waals surface area contributed by atoms with Crippen LogP contribution in [0.3, 0.4) is 0 Å². The van der Waals surface area contributed by atoms with Crippen molar-refractivity contribution in [1.29, 1.82) is 0 Å². The van der Waals surface area contributed by atoms with Crippen molar-refractivity contribution in [3.8, 4) is 0 Å². The van der Waals surface area contributed by atoms with Gasteiger partial charge in [0, 0.05) is 0 Å². The molecule has 0 bridgehead atoms. The lowest BCUT2D eigenvalue weighted by atomic mass is 10.3. The maximum absolute atomic E-state index is 13.4. The fourth-order valence-electron chi connectivity index (χ4n) is 1.43. The van der Waals surface area contributed by atoms with Gasteiger partial charge in [-0.05, 0) is 19.1 Å². The van der Waals surface area contributed by atoms with Crippen molar-refractivity contribution in [2.75, 3.05) is 10.5 Å². The van der Waals surface area contributed by atoms with Gasteiger partial charge in [-0.2, -0.15) is 0 Å². The van der Waals surface area contributed by atoms with Crippen LogP contribution in [0.4, 0.5) is 19.6 Å². The van der Waals surface area contributed by atoms with Crippen LogP contribution < -0.4 is 10.5 Å². The Morgan fingerprint density at radius 2 is 2.05 bits per heavy atom. The van der Waals surface area contributed by atoms with Gasteiger partial charge in [-0.1, -0.05) is 17.4 Å². The molecule has 0 saturated heterocycles. The number of nitrogens with zero attached hydrogens (tertiary/aromatic N) is 1. The predicted molar refractivity (Wildman–Crippen MR) is 68.4 cm³/mol. The molecular formula is C10H9F2N3O2S2. The topological polar surface area (TPSA) is 85.1 Å². The molecule has 102 valence electrons. The third-order valence-corrected chi connectivity index (χ3v) is 5.17. The number of aromatic nitrogens is 1. The quantitative estimate of drug-likeness (QED) is 0.909. The van der Waals surface area contributed by atoms with Gasteiger partial charge in [-0.25, -0.2) is 22.2 Å². The van der Waals surface area contributed by atoms with Crippen LogP contribution in [0.2, 0.25) is 0 Å². The first-order valence-electron chi connectivity index (χ1n) is 5.01. The lowest BCUT2D eigenvalue weighted by molar-refractivity contribution is 0.511. The maximum Gasteiger partial charge on any atom is 0.273 e. The molecule has 2 aromatic rings. The van der Waals surface area contributed by atoms with Crippen LogP contribution in [-0.4, -0.2) is 13.4 Å². The van der Waals surface area contributed by atoms with Gasteiger partial charge >= 0.3 is 0 Å². The third kappa shape index (κ3) is 2.66. The van der Waals surface area contributed by atoms with Gasteiger partial charge in [0.15, 0.2) is 21.0 Å². The van der Waals surface area contributed by atoms with Crippen LogP contribution in [0.15, 0.2) is 22.4 Å². The van der Waals surface area contributed by atoms with Gasteiger partial charge in [-0.3, -0.25) is 4.72 Å². The Kier molecular flexibility index (Phi) is 3.42. The van der Waals surface area contributed by atoms with Crippen LogP contribution in [0.5, 0.6) is 0 Å². The summed E-state index contributed by atoms with van der Waals surface area (Å²) in [6.07, 6.45) is 0. The van der Waals surface area contributed by atoms with E-state index < -0.39 is 27.3 Å². The minimum absolute atomic E-state index is 0.0811. The Bertz CT molecular complexity index is 728. The summed E-state index contributed by atoms with van der Waals surface area (Å²) in [7, 11) is -4.04. The van der Waals surface area contributed by atoms with E-state index in [1.807, 2.05) is 4.72 Å². The normalized spacial score (nSPS) is 11.5. The Morgan fingerprint density at radius 3 is 2.63 bits per heavy atom. The summed E-state index contributed by atoms with van der Waals surface area (Å²) in [6, 6.07) is 3.21. The van der Waals surface area contributed by atoms with E-state index in [9.17, 15) is 17.2 Å². The summed E-state index contributed by atoms with van der Waals surface area (Å²) in [4.78, 5) is 3.77. The Hall–Kier alpha value is -1.74. The molecule has 0 spiro atoms. The van der Waals surface area contributed by atoms with Crippen LogP contribution in [-0.2, 0) is 10.0 Å². The van der Waals surface area contributed by atoms with E-state index >= 15 is 0 Å². The second-order valence-electron chi connectivity index (χ2n) is 3.63. The minimum Gasteiger partial charge on any atom is -0.375 e. The van der Waals surface area contributed by atoms with Crippen molar-refractivity contribution >= 4 is 32.2 Å². The number of rotatable bonds is 3. The lowest BCUT2D eigenvalue weighted by Crippen LogP contribution is -2.14. The number of hydrogen-bond acceptors (Lipinski definition) is 5. The Balaban J connectivity index is 2.42. The summed E-state index contributed by atoms with van der Waals surface area (Å²) in [5.41, 5.74) is 5.14. The number of nitrogens with two attached hydrogens (primary N) is 1. The number of thiazole rings is 1. The first kappa shape index (κ1) is 13.7. The van der Waals surface area contributed by atoms with Gasteiger partial charge in [0.2, 0.25) is 0 Å². The number of aryl methyl sites for hydroxylation is 1. The van der Waals surface area contributed by atoms with Crippen molar-refractivity contribution in [2.45, 2.75) is 11.1 Å². The molecule has 0 unspecified atom stereocenters. The first-order chi connectivity index (χ1) is 8.81. The van der Waals surface area contributed by atoms with E-state index in [1.54, 1.807) is 0 Å². The van der Waals surface area contributed by atoms with E-state index in [0.29, 0.717) is 0 Å². The molecule has 1 aromatic heterocycles. The van der Waals surface area contributed by atoms with Gasteiger partial charge in [0.25, 0.3) is 10.0 Å². The number of hydrogen-bond donors (Lipinski definition) is 2. The van der Waals surface area contributed by atoms with E-state index in [2.05, 4.69) is 4.98 Å². The summed E-state index contributed by atoms with van der Waals surface area (Å²) in [5.74, 6) is -2.40. The van der Waals surface area contributed by atoms with Crippen LogP contribution in [0, 0.1) is 18.6 Å². The number of anilines is 2. The first-order valence-corrected chi connectivity index (χ1v) is 7.31. The average molecular weight is 305 g/mol. The molecule has 0 aliphatic rings. The van der Waals surface area contributed by atoms with Gasteiger partial charge in [0.05, 0.1) is 11.4 Å². The molecule has 0 atom stereocenters. The van der Waals surface area contributed by atoms with Gasteiger partial charge in [0.1, 0.15) is 0 Å². The van der Waals surface area contributed by atoms with Crippen LogP contribution >= 0.6 is 11.3 Å². The highest BCUT2D eigenvalue weighted by molar-refractivity contribution is 7.94. The highest BCUT2D eigenvalue weighted by Crippen LogP contribution is 2.28. The summed E-state index contributed by atoms with van der Waals surface area (Å²) < 4.78 is 52.3. The number of nitrogen functional groups attached to an aromatic ring is 1. The molecule has 0 aliphatic heterocycles. The molecule has 0 fully saturated rings. The minimum atomic E-state index is -4.04. The van der Waals surface area contributed by atoms with Crippen LogP contribution in [0.25, 0.3) is 0 Å². The maximum atomic E-state index is 13.4. The molecular weight excluding hydrogens is 296 g/mol. The highest BCUT2D eigenvalue weighted by atomic mass is 32.2. The van der Waals surface area contributed by atoms with Crippen molar-refractivity contribution in [2.24, 2.45) is 0 Å². The third-order valence-electron chi connectivity index (χ3n) is 2.21. The molecule has 0 saturated carbocycles. The second kappa shape index (κ2) is 4.74. The Morgan fingerprint density at radius 1 is 1.37 bits per heavy atom. The molecule has 5 nitrogen and oxygen atoms in total. The molecule has 2 rings (SSSR count). The smallest absolute Gasteiger partial charge is 0.273 e. The summed E-state index contributed by atoms with van der Waals surface area (Å²) in [5, 5.41) is 0.0811. The molecule has 19 heavy (non-hydrogen) atoms. The molecule has 0 aliphatic carbocycles. The lowest BCUT2D eigenvalue weighted by Gasteiger charge is -2.07. The molecule has 1 aromatic carbocycles. The highest BCUT2D eigenvalue weighted by Gasteiger charge is 2.23. The zero-order valence-corrected chi connectivity index (χ0v) is 11.3. The zero-order valence-electron chi connectivity index (χ0n) is 9.65. The predicted octanol–water partition coefficient (Wildman–Crippen LogP) is 2.11. The van der Waals surface area contributed by atoms with Crippen molar-refractivity contribution in [3.05, 3.63) is 35.5 Å². The van der Waals surface area contributed by atoms with E-state index in [-0.39, 0.29) is 15.0 Å². The molecule has 1 heterocycles. The number of nitrogens with one attached hydrogen (secondary N) is 1. The SMILES string of the molecule is Cc1nc(N)sc1S(=O)(=O)Nc1cccc(F)c1F. The number of halogens is 2. The molecule has 9 heteroatoms. The fraction of sp³-hybridized carbons (Fsp3) is 0.100. The van der Waals surface area contributed by atoms with E-state index in [1.165, 1.54) is 13.0 Å². The van der Waals surface area contributed by atoms with Gasteiger partial charge < -0.3 is 5.73 Å². The van der Waals surface area contributed by atoms with Crippen molar-refractivity contribution in [1.82, 2.24) is 4.98 Å². The summed E-state index contributed by atoms with van der Waals surface area (Å²) in [6.45, 7) is 1.46. The average Bonchev–Trinajstić information content (AvgIpc) is 2.65.